The van der Waals surface area contributed by atoms with E-state index in [0.29, 0.717) is 0 Å². The summed E-state index contributed by atoms with van der Waals surface area (Å²) in [5.74, 6) is -0.815. The van der Waals surface area contributed by atoms with Crippen molar-refractivity contribution in [2.75, 3.05) is 5.75 Å². The highest BCUT2D eigenvalue weighted by molar-refractivity contribution is 7.80. The number of hydrogen-bond acceptors (Lipinski definition) is 3. The lowest BCUT2D eigenvalue weighted by Crippen LogP contribution is -2.31. The topological polar surface area (TPSA) is 63.3 Å². The van der Waals surface area contributed by atoms with Gasteiger partial charge >= 0.3 is 5.97 Å². The van der Waals surface area contributed by atoms with Gasteiger partial charge in [-0.05, 0) is 0 Å². The van der Waals surface area contributed by atoms with Crippen LogP contribution in [0.25, 0.3) is 0 Å². The highest BCUT2D eigenvalue weighted by Crippen LogP contribution is 1.80. The van der Waals surface area contributed by atoms with Crippen LogP contribution in [0.5, 0.6) is 0 Å². The molecule has 0 aromatic heterocycles. The van der Waals surface area contributed by atoms with E-state index in [2.05, 4.69) is 12.6 Å². The lowest BCUT2D eigenvalue weighted by atomic mass is 12.2. The minimum atomic E-state index is -1.00. The van der Waals surface area contributed by atoms with E-state index in [1.807, 2.05) is 0 Å². The molecule has 0 amide bonds. The second-order valence-corrected chi connectivity index (χ2v) is 1.49. The Morgan fingerprint density at radius 3 is 2.43 bits per heavy atom. The molecule has 42 valence electrons. The van der Waals surface area contributed by atoms with Gasteiger partial charge in [0, 0.05) is 5.75 Å². The molecule has 0 radical (unpaired) electrons. The molecule has 0 aliphatic rings. The Morgan fingerprint density at radius 1 is 2.00 bits per heavy atom. The van der Waals surface area contributed by atoms with Crippen LogP contribution in [0.3, 0.4) is 0 Å². The molecule has 0 aromatic rings. The van der Waals surface area contributed by atoms with Gasteiger partial charge in [-0.25, -0.2) is 0 Å². The summed E-state index contributed by atoms with van der Waals surface area (Å²) in [6, 6.07) is -0.816. The van der Waals surface area contributed by atoms with E-state index in [4.69, 9.17) is 10.8 Å². The van der Waals surface area contributed by atoms with Gasteiger partial charge in [-0.2, -0.15) is 12.6 Å². The van der Waals surface area contributed by atoms with Crippen molar-refractivity contribution in [3.05, 3.63) is 0 Å². The van der Waals surface area contributed by atoms with E-state index in [9.17, 15) is 4.79 Å². The van der Waals surface area contributed by atoms with Gasteiger partial charge in [0.1, 0.15) is 6.04 Å². The predicted molar refractivity (Wildman–Crippen MR) is 29.5 cm³/mol. The van der Waals surface area contributed by atoms with Gasteiger partial charge in [0.25, 0.3) is 0 Å². The van der Waals surface area contributed by atoms with Crippen molar-refractivity contribution < 1.29 is 9.90 Å². The Hall–Kier alpha value is -0.220. The van der Waals surface area contributed by atoms with Crippen LogP contribution in [0.2, 0.25) is 0 Å². The molecule has 3 N–H and O–H groups in total. The highest BCUT2D eigenvalue weighted by Gasteiger charge is 2.06. The van der Waals surface area contributed by atoms with Crippen molar-refractivity contribution in [2.45, 2.75) is 6.04 Å². The lowest BCUT2D eigenvalue weighted by molar-refractivity contribution is -0.137. The zero-order valence-electron chi connectivity index (χ0n) is 3.66. The van der Waals surface area contributed by atoms with Crippen LogP contribution in [0.4, 0.5) is 0 Å². The molecule has 4 heteroatoms. The zero-order chi connectivity index (χ0) is 5.86. The van der Waals surface area contributed by atoms with Gasteiger partial charge in [0.05, 0.1) is 0 Å². The van der Waals surface area contributed by atoms with E-state index in [1.165, 1.54) is 0 Å². The van der Waals surface area contributed by atoms with E-state index in [0.717, 1.165) is 0 Å². The number of carboxylic acid groups (broad SMARTS) is 1. The zero-order valence-corrected chi connectivity index (χ0v) is 4.56. The molecular weight excluding hydrogens is 120 g/mol. The van der Waals surface area contributed by atoms with Gasteiger partial charge in [-0.15, -0.1) is 0 Å². The van der Waals surface area contributed by atoms with Crippen LogP contribution >= 0.6 is 12.6 Å². The number of hydrogen-bond donors (Lipinski definition) is 3. The van der Waals surface area contributed by atoms with E-state index >= 15 is 0 Å². The van der Waals surface area contributed by atoms with Crippen molar-refractivity contribution in [3.63, 3.8) is 0 Å². The molecule has 0 bridgehead atoms. The minimum absolute atomic E-state index is 0.190. The number of nitrogens with two attached hydrogens (primary N) is 1. The van der Waals surface area contributed by atoms with Crippen LogP contribution in [-0.2, 0) is 4.79 Å². The molecular formula is C3H7NO2S. The molecule has 0 saturated heterocycles. The molecule has 0 aliphatic heterocycles. The van der Waals surface area contributed by atoms with Crippen molar-refractivity contribution in [1.29, 1.82) is 0 Å². The second kappa shape index (κ2) is 2.87. The largest absolute Gasteiger partial charge is 0.480 e. The van der Waals surface area contributed by atoms with E-state index < -0.39 is 12.0 Å². The summed E-state index contributed by atoms with van der Waals surface area (Å²) in [6.07, 6.45) is 0. The summed E-state index contributed by atoms with van der Waals surface area (Å²) in [7, 11) is 0. The van der Waals surface area contributed by atoms with Gasteiger partial charge in [0.2, 0.25) is 0 Å². The molecule has 0 heterocycles. The van der Waals surface area contributed by atoms with Crippen LogP contribution in [0.1, 0.15) is 0 Å². The van der Waals surface area contributed by atoms with Gasteiger partial charge in [-0.3, -0.25) is 4.79 Å². The molecule has 0 rings (SSSR count). The first-order chi connectivity index (χ1) is 3.18. The average Bonchev–Trinajstić information content (AvgIpc) is 1.65. The molecule has 0 spiro atoms. The average molecular weight is 127 g/mol. The van der Waals surface area contributed by atoms with Crippen LogP contribution in [-0.4, -0.2) is 22.9 Å². The fourth-order valence-electron chi connectivity index (χ4n) is 0.0781. The van der Waals surface area contributed by atoms with E-state index in [1.54, 1.807) is 0 Å². The highest BCUT2D eigenvalue weighted by atomic mass is 32.1. The number of aliphatic carboxylic acids is 1. The first-order valence-corrected chi connectivity index (χ1v) is 2.41. The SMILES string of the molecule is N[14C@@H]([14CH2]S)[14C](=O)O. The maximum atomic E-state index is 9.76. The van der Waals surface area contributed by atoms with Crippen LogP contribution in [0.15, 0.2) is 0 Å². The predicted octanol–water partition coefficient (Wildman–Crippen LogP) is -0.672. The molecule has 1 atom stereocenters. The monoisotopic (exact) mass is 127 g/mol. The number of thiol groups is 1. The summed E-state index contributed by atoms with van der Waals surface area (Å²) in [4.78, 5) is 9.76. The maximum Gasteiger partial charge on any atom is 0.321 e. The van der Waals surface area contributed by atoms with Gasteiger partial charge < -0.3 is 10.8 Å². The number of carboxylic acids is 1. The summed E-state index contributed by atoms with van der Waals surface area (Å²) in [5, 5.41) is 8.01. The standard InChI is InChI=1S/C3H7NO2S/c4-2(1-7)3(5)6/h2,7H,1,4H2,(H,5,6)/t2-/m0/s1/i1+2,2+2,3+2. The third-order valence-electron chi connectivity index (χ3n) is 0.514. The maximum absolute atomic E-state index is 9.76. The Morgan fingerprint density at radius 2 is 2.43 bits per heavy atom. The summed E-state index contributed by atoms with van der Waals surface area (Å²) >= 11 is 3.65. The summed E-state index contributed by atoms with van der Waals surface area (Å²) < 4.78 is 0. The lowest BCUT2D eigenvalue weighted by Gasteiger charge is -1.96. The fourth-order valence-corrected chi connectivity index (χ4v) is 0.234. The Labute approximate surface area is 46.9 Å². The van der Waals surface area contributed by atoms with Crippen molar-refractivity contribution >= 4 is 18.6 Å². The van der Waals surface area contributed by atoms with E-state index in [-0.39, 0.29) is 5.75 Å². The second-order valence-electron chi connectivity index (χ2n) is 1.13. The fraction of sp³-hybridized carbons (Fsp3) is 0.667. The molecule has 0 aliphatic carbocycles. The van der Waals surface area contributed by atoms with Crippen LogP contribution in [0, 0.1) is 0 Å². The smallest absolute Gasteiger partial charge is 0.321 e. The molecule has 0 saturated carbocycles. The Balaban J connectivity index is 3.34. The Kier molecular flexibility index (Phi) is 2.78. The van der Waals surface area contributed by atoms with Crippen molar-refractivity contribution in [3.8, 4) is 0 Å². The third-order valence-corrected chi connectivity index (χ3v) is 0.907. The normalized spacial score (nSPS) is 13.4. The summed E-state index contributed by atoms with van der Waals surface area (Å²) in [5.41, 5.74) is 4.94. The molecule has 0 fully saturated rings. The third kappa shape index (κ3) is 2.47. The molecule has 3 nitrogen and oxygen atoms in total. The van der Waals surface area contributed by atoms with Gasteiger partial charge in [0.15, 0.2) is 0 Å². The first-order valence-electron chi connectivity index (χ1n) is 1.77. The molecule has 0 aromatic carbocycles. The number of rotatable bonds is 2. The van der Waals surface area contributed by atoms with Crippen LogP contribution < -0.4 is 5.73 Å². The molecule has 0 unspecified atom stereocenters. The van der Waals surface area contributed by atoms with Crippen molar-refractivity contribution in [2.24, 2.45) is 5.73 Å². The quantitative estimate of drug-likeness (QED) is 0.431. The van der Waals surface area contributed by atoms with Gasteiger partial charge in [-0.1, -0.05) is 0 Å². The minimum Gasteiger partial charge on any atom is -0.480 e. The molecule has 7 heavy (non-hydrogen) atoms. The number of carbonyl (C=O) groups is 1. The van der Waals surface area contributed by atoms with Crippen molar-refractivity contribution in [1.82, 2.24) is 0 Å². The first kappa shape index (κ1) is 6.78. The summed E-state index contributed by atoms with van der Waals surface area (Å²) in [6.45, 7) is 0. The Bertz CT molecular complexity index is 75.3.